The fourth-order valence-electron chi connectivity index (χ4n) is 4.78. The number of aromatic nitrogens is 1. The first-order chi connectivity index (χ1) is 14.7. The summed E-state index contributed by atoms with van der Waals surface area (Å²) in [7, 11) is 0. The van der Waals surface area contributed by atoms with Gasteiger partial charge in [0.2, 0.25) is 5.91 Å². The summed E-state index contributed by atoms with van der Waals surface area (Å²) >= 11 is 1.60. The summed E-state index contributed by atoms with van der Waals surface area (Å²) < 4.78 is 5.98. The van der Waals surface area contributed by atoms with E-state index in [9.17, 15) is 4.79 Å². The molecule has 1 fully saturated rings. The summed E-state index contributed by atoms with van der Waals surface area (Å²) in [6.45, 7) is 5.32. The summed E-state index contributed by atoms with van der Waals surface area (Å²) in [5.41, 5.74) is 9.61. The van der Waals surface area contributed by atoms with Crippen LogP contribution in [0.5, 0.6) is 0 Å². The molecule has 5 rings (SSSR count). The minimum Gasteiger partial charge on any atom is -0.369 e. The van der Waals surface area contributed by atoms with Crippen molar-refractivity contribution < 1.29 is 4.79 Å². The maximum absolute atomic E-state index is 11.5. The lowest BCUT2D eigenvalue weighted by atomic mass is 9.82. The summed E-state index contributed by atoms with van der Waals surface area (Å²) in [6, 6.07) is 15.3. The van der Waals surface area contributed by atoms with Gasteiger partial charge in [0.05, 0.1) is 4.70 Å². The van der Waals surface area contributed by atoms with E-state index in [1.54, 1.807) is 11.5 Å². The van der Waals surface area contributed by atoms with E-state index in [4.69, 9.17) is 10.1 Å². The van der Waals surface area contributed by atoms with Gasteiger partial charge in [-0.25, -0.2) is 0 Å². The number of rotatable bonds is 5. The van der Waals surface area contributed by atoms with Crippen molar-refractivity contribution in [2.24, 2.45) is 11.7 Å². The highest BCUT2D eigenvalue weighted by atomic mass is 32.1. The molecule has 3 aromatic rings. The predicted molar refractivity (Wildman–Crippen MR) is 123 cm³/mol. The van der Waals surface area contributed by atoms with Crippen molar-refractivity contribution in [1.29, 1.82) is 0 Å². The lowest BCUT2D eigenvalue weighted by molar-refractivity contribution is -0.122. The van der Waals surface area contributed by atoms with E-state index in [1.807, 2.05) is 0 Å². The van der Waals surface area contributed by atoms with Gasteiger partial charge in [-0.3, -0.25) is 9.69 Å². The molecule has 1 aliphatic carbocycles. The number of aryl methyl sites for hydroxylation is 1. The topological polar surface area (TPSA) is 62.5 Å². The van der Waals surface area contributed by atoms with Gasteiger partial charge >= 0.3 is 0 Å². The van der Waals surface area contributed by atoms with E-state index in [-0.39, 0.29) is 11.8 Å². The van der Waals surface area contributed by atoms with Crippen LogP contribution in [0.1, 0.15) is 23.1 Å². The summed E-state index contributed by atoms with van der Waals surface area (Å²) in [5, 5.41) is 1.28. The molecule has 0 saturated carbocycles. The van der Waals surface area contributed by atoms with E-state index in [0.29, 0.717) is 0 Å². The van der Waals surface area contributed by atoms with Gasteiger partial charge < -0.3 is 10.6 Å². The molecule has 30 heavy (non-hydrogen) atoms. The molecular weight excluding hydrogens is 392 g/mol. The van der Waals surface area contributed by atoms with E-state index in [0.717, 1.165) is 64.2 Å². The molecule has 0 radical (unpaired) electrons. The molecule has 2 heterocycles. The number of fused-ring (bicyclic) bond motifs is 2. The third-order valence-corrected chi connectivity index (χ3v) is 7.47. The smallest absolute Gasteiger partial charge is 0.220 e. The number of anilines is 1. The Bertz CT molecular complexity index is 1050. The zero-order chi connectivity index (χ0) is 20.5. The first kappa shape index (κ1) is 19.5. The van der Waals surface area contributed by atoms with Crippen molar-refractivity contribution in [3.63, 3.8) is 0 Å². The Balaban J connectivity index is 1.16. The zero-order valence-corrected chi connectivity index (χ0v) is 18.0. The number of carbonyl (C=O) groups excluding carboxylic acids is 1. The minimum absolute atomic E-state index is 0.00878. The lowest BCUT2D eigenvalue weighted by Gasteiger charge is -2.35. The molecular formula is C24H28N4OS. The Hall–Kier alpha value is -2.44. The van der Waals surface area contributed by atoms with Crippen LogP contribution in [0, 0.1) is 5.92 Å². The number of carbonyl (C=O) groups is 1. The van der Waals surface area contributed by atoms with Gasteiger partial charge in [-0.2, -0.15) is 4.37 Å². The summed E-state index contributed by atoms with van der Waals surface area (Å²) in [5.74, 6) is 1.00. The number of piperazine rings is 1. The number of hydrogen-bond donors (Lipinski definition) is 1. The van der Waals surface area contributed by atoms with Gasteiger partial charge in [0, 0.05) is 44.0 Å². The van der Waals surface area contributed by atoms with Crippen LogP contribution in [0.3, 0.4) is 0 Å². The highest BCUT2D eigenvalue weighted by Gasteiger charge is 2.23. The monoisotopic (exact) mass is 420 g/mol. The van der Waals surface area contributed by atoms with Crippen molar-refractivity contribution in [1.82, 2.24) is 9.27 Å². The van der Waals surface area contributed by atoms with E-state index >= 15 is 0 Å². The van der Waals surface area contributed by atoms with Crippen molar-refractivity contribution in [3.05, 3.63) is 59.2 Å². The molecule has 1 aromatic heterocycles. The number of primary amides is 1. The molecule has 1 atom stereocenters. The highest BCUT2D eigenvalue weighted by Crippen LogP contribution is 2.30. The average Bonchev–Trinajstić information content (AvgIpc) is 3.22. The number of amides is 1. The van der Waals surface area contributed by atoms with Gasteiger partial charge in [0.1, 0.15) is 5.82 Å². The Morgan fingerprint density at radius 1 is 1.10 bits per heavy atom. The van der Waals surface area contributed by atoms with Crippen LogP contribution in [-0.2, 0) is 24.1 Å². The number of nitrogens with two attached hydrogens (primary N) is 1. The third-order valence-electron chi connectivity index (χ3n) is 6.65. The molecule has 1 unspecified atom stereocenters. The maximum atomic E-state index is 11.5. The van der Waals surface area contributed by atoms with Gasteiger partial charge in [0.15, 0.2) is 0 Å². The van der Waals surface area contributed by atoms with Gasteiger partial charge in [-0.1, -0.05) is 30.3 Å². The van der Waals surface area contributed by atoms with Crippen molar-refractivity contribution in [3.8, 4) is 0 Å². The lowest BCUT2D eigenvalue weighted by Crippen LogP contribution is -2.47. The van der Waals surface area contributed by atoms with E-state index in [2.05, 4.69) is 52.3 Å². The molecule has 156 valence electrons. The summed E-state index contributed by atoms with van der Waals surface area (Å²) in [6.07, 6.45) is 3.74. The Labute approximate surface area is 181 Å². The molecule has 1 saturated heterocycles. The quantitative estimate of drug-likeness (QED) is 0.688. The van der Waals surface area contributed by atoms with E-state index < -0.39 is 0 Å². The predicted octanol–water partition coefficient (Wildman–Crippen LogP) is 3.25. The minimum atomic E-state index is -0.158. The molecule has 6 heteroatoms. The number of hydrogen-bond acceptors (Lipinski definition) is 5. The van der Waals surface area contributed by atoms with Crippen LogP contribution in [0.25, 0.3) is 10.1 Å². The second-order valence-electron chi connectivity index (χ2n) is 8.53. The van der Waals surface area contributed by atoms with Crippen LogP contribution in [0.4, 0.5) is 5.82 Å². The second-order valence-corrected chi connectivity index (χ2v) is 9.33. The standard InChI is InChI=1S/C24H28N4OS/c25-23(29)20-8-7-18-15-17(5-6-19(18)16-20)9-10-27-11-13-28(14-12-27)24-21-3-1-2-4-22(21)30-26-24/h1-6,15,20H,7-14,16H2,(H2,25,29). The fourth-order valence-corrected chi connectivity index (χ4v) is 5.57. The maximum Gasteiger partial charge on any atom is 0.220 e. The largest absolute Gasteiger partial charge is 0.369 e. The van der Waals surface area contributed by atoms with Gasteiger partial charge in [-0.15, -0.1) is 0 Å². The molecule has 2 N–H and O–H groups in total. The number of benzene rings is 2. The normalized spacial score (nSPS) is 19.7. The second kappa shape index (κ2) is 8.36. The fraction of sp³-hybridized carbons (Fsp3) is 0.417. The first-order valence-corrected chi connectivity index (χ1v) is 11.7. The van der Waals surface area contributed by atoms with Crippen LogP contribution in [-0.4, -0.2) is 47.9 Å². The molecule has 1 amide bonds. The Morgan fingerprint density at radius 3 is 2.77 bits per heavy atom. The van der Waals surface area contributed by atoms with Crippen LogP contribution in [0.15, 0.2) is 42.5 Å². The number of nitrogens with zero attached hydrogens (tertiary/aromatic N) is 3. The van der Waals surface area contributed by atoms with Gasteiger partial charge in [0.25, 0.3) is 0 Å². The molecule has 0 bridgehead atoms. The summed E-state index contributed by atoms with van der Waals surface area (Å²) in [4.78, 5) is 16.5. The molecule has 2 aliphatic rings. The van der Waals surface area contributed by atoms with Crippen molar-refractivity contribution in [2.75, 3.05) is 37.6 Å². The zero-order valence-electron chi connectivity index (χ0n) is 17.2. The Kier molecular flexibility index (Phi) is 5.44. The van der Waals surface area contributed by atoms with E-state index in [1.165, 1.54) is 26.8 Å². The Morgan fingerprint density at radius 2 is 1.93 bits per heavy atom. The molecule has 1 aliphatic heterocycles. The molecule has 5 nitrogen and oxygen atoms in total. The SMILES string of the molecule is NC(=O)C1CCc2cc(CCN3CCN(c4nsc5ccccc45)CC3)ccc2C1. The average molecular weight is 421 g/mol. The van der Waals surface area contributed by atoms with Crippen LogP contribution < -0.4 is 10.6 Å². The highest BCUT2D eigenvalue weighted by molar-refractivity contribution is 7.13. The van der Waals surface area contributed by atoms with Crippen LogP contribution in [0.2, 0.25) is 0 Å². The molecule has 0 spiro atoms. The van der Waals surface area contributed by atoms with Crippen molar-refractivity contribution in [2.45, 2.75) is 25.7 Å². The first-order valence-electron chi connectivity index (χ1n) is 10.9. The van der Waals surface area contributed by atoms with Crippen molar-refractivity contribution >= 4 is 33.3 Å². The van der Waals surface area contributed by atoms with Gasteiger partial charge in [-0.05, 0) is 66.0 Å². The molecule has 2 aromatic carbocycles. The third kappa shape index (κ3) is 3.94. The van der Waals surface area contributed by atoms with Crippen LogP contribution >= 0.6 is 11.5 Å².